The van der Waals surface area contributed by atoms with Crippen molar-refractivity contribution < 1.29 is 10.0 Å². The minimum Gasteiger partial charge on any atom is -0.428 e. The Morgan fingerprint density at radius 3 is 2.30 bits per heavy atom. The van der Waals surface area contributed by atoms with Gasteiger partial charge in [-0.2, -0.15) is 15.3 Å². The molecule has 0 aliphatic rings. The summed E-state index contributed by atoms with van der Waals surface area (Å²) in [5, 5.41) is 28.6. The molecule has 0 atom stereocenters. The average Bonchev–Trinajstić information content (AvgIpc) is 2.89. The Kier molecular flexibility index (Phi) is 3.33. The van der Waals surface area contributed by atoms with E-state index in [0.29, 0.717) is 16.5 Å². The molecule has 0 aliphatic heterocycles. The van der Waals surface area contributed by atoms with Gasteiger partial charge in [0, 0.05) is 10.9 Å². The standard InChI is InChI=1S/C18H11N3O2/c1-11-2-4-12(5-3-11)18(22)16-10-21(23)17-7-14(9-20)13(8-19)6-15(16)17/h2-7,10,23H,1H3. The van der Waals surface area contributed by atoms with Gasteiger partial charge < -0.3 is 5.21 Å². The highest BCUT2D eigenvalue weighted by molar-refractivity contribution is 6.16. The lowest BCUT2D eigenvalue weighted by molar-refractivity contribution is 0.103. The number of ketones is 1. The van der Waals surface area contributed by atoms with E-state index in [1.54, 1.807) is 12.1 Å². The average molecular weight is 301 g/mol. The van der Waals surface area contributed by atoms with Gasteiger partial charge in [0.1, 0.15) is 12.1 Å². The van der Waals surface area contributed by atoms with Crippen LogP contribution in [0, 0.1) is 29.6 Å². The summed E-state index contributed by atoms with van der Waals surface area (Å²) in [5.41, 5.74) is 2.46. The van der Waals surface area contributed by atoms with E-state index in [2.05, 4.69) is 0 Å². The van der Waals surface area contributed by atoms with Crippen molar-refractivity contribution in [1.82, 2.24) is 4.73 Å². The number of carbonyl (C=O) groups is 1. The lowest BCUT2D eigenvalue weighted by atomic mass is 9.99. The quantitative estimate of drug-likeness (QED) is 0.581. The highest BCUT2D eigenvalue weighted by Gasteiger charge is 2.19. The Labute approximate surface area is 132 Å². The van der Waals surface area contributed by atoms with Crippen LogP contribution in [0.15, 0.2) is 42.6 Å². The van der Waals surface area contributed by atoms with Crippen LogP contribution in [0.3, 0.4) is 0 Å². The summed E-state index contributed by atoms with van der Waals surface area (Å²) in [6, 6.07) is 13.8. The Balaban J connectivity index is 2.23. The Bertz CT molecular complexity index is 1020. The lowest BCUT2D eigenvalue weighted by Gasteiger charge is -2.01. The summed E-state index contributed by atoms with van der Waals surface area (Å²) >= 11 is 0. The normalized spacial score (nSPS) is 10.2. The maximum atomic E-state index is 12.7. The number of rotatable bonds is 2. The van der Waals surface area contributed by atoms with Gasteiger partial charge in [-0.3, -0.25) is 4.79 Å². The zero-order valence-electron chi connectivity index (χ0n) is 12.2. The maximum absolute atomic E-state index is 12.7. The van der Waals surface area contributed by atoms with E-state index in [1.807, 2.05) is 31.2 Å². The van der Waals surface area contributed by atoms with Crippen LogP contribution in [0.2, 0.25) is 0 Å². The summed E-state index contributed by atoms with van der Waals surface area (Å²) in [5.74, 6) is -0.253. The van der Waals surface area contributed by atoms with Crippen molar-refractivity contribution in [3.63, 3.8) is 0 Å². The van der Waals surface area contributed by atoms with Crippen LogP contribution in [0.5, 0.6) is 0 Å². The molecule has 23 heavy (non-hydrogen) atoms. The number of fused-ring (bicyclic) bond motifs is 1. The van der Waals surface area contributed by atoms with Crippen molar-refractivity contribution in [3.05, 3.63) is 70.4 Å². The Morgan fingerprint density at radius 1 is 1.09 bits per heavy atom. The fourth-order valence-corrected chi connectivity index (χ4v) is 2.48. The third-order valence-electron chi connectivity index (χ3n) is 3.72. The molecule has 0 fully saturated rings. The lowest BCUT2D eigenvalue weighted by Crippen LogP contribution is -2.00. The molecule has 1 heterocycles. The van der Waals surface area contributed by atoms with E-state index >= 15 is 0 Å². The van der Waals surface area contributed by atoms with Crippen LogP contribution in [0.1, 0.15) is 32.6 Å². The van der Waals surface area contributed by atoms with Crippen molar-refractivity contribution in [1.29, 1.82) is 10.5 Å². The van der Waals surface area contributed by atoms with Crippen LogP contribution in [-0.4, -0.2) is 15.7 Å². The first-order chi connectivity index (χ1) is 11.0. The van der Waals surface area contributed by atoms with Crippen LogP contribution in [0.4, 0.5) is 0 Å². The number of hydrogen-bond donors (Lipinski definition) is 1. The summed E-state index contributed by atoms with van der Waals surface area (Å²) in [6.45, 7) is 1.93. The van der Waals surface area contributed by atoms with E-state index in [4.69, 9.17) is 10.5 Å². The smallest absolute Gasteiger partial charge is 0.195 e. The molecule has 3 aromatic rings. The number of aromatic nitrogens is 1. The van der Waals surface area contributed by atoms with Gasteiger partial charge in [0.15, 0.2) is 5.78 Å². The van der Waals surface area contributed by atoms with Gasteiger partial charge in [0.05, 0.1) is 28.4 Å². The molecule has 3 rings (SSSR count). The van der Waals surface area contributed by atoms with Crippen molar-refractivity contribution in [2.45, 2.75) is 6.92 Å². The van der Waals surface area contributed by atoms with Gasteiger partial charge in [0.2, 0.25) is 0 Å². The Hall–Kier alpha value is -3.57. The molecular weight excluding hydrogens is 290 g/mol. The number of nitrogens with zero attached hydrogens (tertiary/aromatic N) is 3. The summed E-state index contributed by atoms with van der Waals surface area (Å²) in [7, 11) is 0. The van der Waals surface area contributed by atoms with Gasteiger partial charge in [-0.05, 0) is 19.1 Å². The van der Waals surface area contributed by atoms with Crippen molar-refractivity contribution in [2.24, 2.45) is 0 Å². The maximum Gasteiger partial charge on any atom is 0.195 e. The van der Waals surface area contributed by atoms with E-state index in [1.165, 1.54) is 18.3 Å². The molecule has 5 heteroatoms. The number of benzene rings is 2. The molecule has 0 bridgehead atoms. The second-order valence-corrected chi connectivity index (χ2v) is 5.22. The largest absolute Gasteiger partial charge is 0.428 e. The molecule has 5 nitrogen and oxygen atoms in total. The molecule has 1 N–H and O–H groups in total. The topological polar surface area (TPSA) is 89.8 Å². The molecule has 110 valence electrons. The molecule has 0 amide bonds. The van der Waals surface area contributed by atoms with Gasteiger partial charge in [-0.25, -0.2) is 0 Å². The monoisotopic (exact) mass is 301 g/mol. The Morgan fingerprint density at radius 2 is 1.70 bits per heavy atom. The molecule has 0 saturated carbocycles. The second-order valence-electron chi connectivity index (χ2n) is 5.22. The molecule has 2 aromatic carbocycles. The second kappa shape index (κ2) is 5.32. The first kappa shape index (κ1) is 14.4. The predicted molar refractivity (Wildman–Crippen MR) is 83.2 cm³/mol. The molecule has 0 aliphatic carbocycles. The van der Waals surface area contributed by atoms with Gasteiger partial charge >= 0.3 is 0 Å². The number of hydrogen-bond acceptors (Lipinski definition) is 4. The van der Waals surface area contributed by atoms with Gasteiger partial charge in [-0.15, -0.1) is 0 Å². The molecule has 1 aromatic heterocycles. The van der Waals surface area contributed by atoms with E-state index in [9.17, 15) is 10.0 Å². The molecule has 0 spiro atoms. The van der Waals surface area contributed by atoms with E-state index in [-0.39, 0.29) is 22.5 Å². The zero-order chi connectivity index (χ0) is 16.6. The third-order valence-corrected chi connectivity index (χ3v) is 3.72. The van der Waals surface area contributed by atoms with Crippen molar-refractivity contribution in [2.75, 3.05) is 0 Å². The summed E-state index contributed by atoms with van der Waals surface area (Å²) < 4.78 is 0.804. The minimum atomic E-state index is -0.253. The first-order valence-corrected chi connectivity index (χ1v) is 6.85. The molecule has 0 radical (unpaired) electrons. The van der Waals surface area contributed by atoms with E-state index in [0.717, 1.165) is 10.3 Å². The highest BCUT2D eigenvalue weighted by atomic mass is 16.5. The van der Waals surface area contributed by atoms with Gasteiger partial charge in [-0.1, -0.05) is 29.8 Å². The SMILES string of the molecule is Cc1ccc(C(=O)c2cn(O)c3cc(C#N)c(C#N)cc23)cc1. The summed E-state index contributed by atoms with van der Waals surface area (Å²) in [4.78, 5) is 12.7. The summed E-state index contributed by atoms with van der Waals surface area (Å²) in [6.07, 6.45) is 1.30. The van der Waals surface area contributed by atoms with E-state index < -0.39 is 0 Å². The fourth-order valence-electron chi connectivity index (χ4n) is 2.48. The van der Waals surface area contributed by atoms with Crippen LogP contribution in [-0.2, 0) is 0 Å². The number of aryl methyl sites for hydroxylation is 1. The van der Waals surface area contributed by atoms with Crippen LogP contribution >= 0.6 is 0 Å². The van der Waals surface area contributed by atoms with Crippen LogP contribution in [0.25, 0.3) is 10.9 Å². The fraction of sp³-hybridized carbons (Fsp3) is 0.0556. The highest BCUT2D eigenvalue weighted by Crippen LogP contribution is 2.26. The molecule has 0 saturated heterocycles. The van der Waals surface area contributed by atoms with Gasteiger partial charge in [0.25, 0.3) is 0 Å². The first-order valence-electron chi connectivity index (χ1n) is 6.85. The minimum absolute atomic E-state index is 0.155. The van der Waals surface area contributed by atoms with Crippen LogP contribution < -0.4 is 0 Å². The van der Waals surface area contributed by atoms with Crippen molar-refractivity contribution >= 4 is 16.7 Å². The zero-order valence-corrected chi connectivity index (χ0v) is 12.2. The van der Waals surface area contributed by atoms with Crippen molar-refractivity contribution in [3.8, 4) is 12.1 Å². The molecular formula is C18H11N3O2. The third kappa shape index (κ3) is 2.31. The number of carbonyl (C=O) groups excluding carboxylic acids is 1. The predicted octanol–water partition coefficient (Wildman–Crippen LogP) is 3.16. The molecule has 0 unspecified atom stereocenters. The number of nitriles is 2.